The summed E-state index contributed by atoms with van der Waals surface area (Å²) in [4.78, 5) is 44.8. The highest BCUT2D eigenvalue weighted by atomic mass is 19.1. The topological polar surface area (TPSA) is 73.0 Å². The number of halogens is 1. The third kappa shape index (κ3) is 4.93. The van der Waals surface area contributed by atoms with Gasteiger partial charge in [0.1, 0.15) is 11.4 Å². The monoisotopic (exact) mass is 556 g/mol. The number of nitrogens with zero attached hydrogens (tertiary/aromatic N) is 3. The Hall–Kier alpha value is -3.62. The van der Waals surface area contributed by atoms with E-state index in [1.807, 2.05) is 12.1 Å². The summed E-state index contributed by atoms with van der Waals surface area (Å²) >= 11 is 0. The number of hydrogen-bond donors (Lipinski definition) is 1. The van der Waals surface area contributed by atoms with Crippen molar-refractivity contribution in [1.82, 2.24) is 15.1 Å². The van der Waals surface area contributed by atoms with Gasteiger partial charge in [0.2, 0.25) is 5.91 Å². The van der Waals surface area contributed by atoms with Crippen molar-refractivity contribution < 1.29 is 18.8 Å². The van der Waals surface area contributed by atoms with Gasteiger partial charge in [-0.2, -0.15) is 0 Å². The molecular formula is C33H37FN4O3. The zero-order valence-corrected chi connectivity index (χ0v) is 24.2. The van der Waals surface area contributed by atoms with Crippen LogP contribution in [-0.4, -0.2) is 64.8 Å². The van der Waals surface area contributed by atoms with Gasteiger partial charge < -0.3 is 0 Å². The molecule has 3 amide bonds. The van der Waals surface area contributed by atoms with E-state index in [9.17, 15) is 18.8 Å². The van der Waals surface area contributed by atoms with Gasteiger partial charge in [-0.25, -0.2) is 4.39 Å². The maximum Gasteiger partial charge on any atom is 0.260 e. The molecule has 0 aliphatic carbocycles. The Balaban J connectivity index is 1.23. The van der Waals surface area contributed by atoms with Gasteiger partial charge in [0.25, 0.3) is 11.8 Å². The van der Waals surface area contributed by atoms with Crippen LogP contribution in [0.1, 0.15) is 67.6 Å². The molecule has 41 heavy (non-hydrogen) atoms. The summed E-state index contributed by atoms with van der Waals surface area (Å²) in [7, 11) is 0. The van der Waals surface area contributed by atoms with Gasteiger partial charge in [-0.3, -0.25) is 34.4 Å². The number of hydrogen-bond acceptors (Lipinski definition) is 5. The zero-order valence-electron chi connectivity index (χ0n) is 24.2. The molecule has 1 N–H and O–H groups in total. The predicted molar refractivity (Wildman–Crippen MR) is 157 cm³/mol. The van der Waals surface area contributed by atoms with Crippen molar-refractivity contribution in [3.63, 3.8) is 0 Å². The minimum absolute atomic E-state index is 0.140. The van der Waals surface area contributed by atoms with E-state index >= 15 is 0 Å². The summed E-state index contributed by atoms with van der Waals surface area (Å²) in [6, 6.07) is 15.1. The Kier molecular flexibility index (Phi) is 6.74. The molecule has 3 aliphatic heterocycles. The standard InChI is InChI=1S/C33H37FN4O3/c1-32(2,3)37-15-13-36(14-16-37)20-22-7-5-21(6-8-22)17-23-9-10-27-29-25(23)18-24(34)19-26(29)30(40)38(27)33(4)12-11-28(39)35-31(33)41/h5-10,18-19H,11-17,20H2,1-4H3,(H,35,39,41)/t33-/m1/s1. The summed E-state index contributed by atoms with van der Waals surface area (Å²) in [5, 5.41) is 3.70. The number of piperidine rings is 1. The quantitative estimate of drug-likeness (QED) is 0.464. The van der Waals surface area contributed by atoms with Gasteiger partial charge in [-0.15, -0.1) is 0 Å². The number of amides is 3. The number of carbonyl (C=O) groups is 3. The SMILES string of the molecule is CC(C)(C)N1CCN(Cc2ccc(Cc3ccc4c5c(cc(F)cc35)C(=O)N4[C@]3(C)CCC(=O)NC3=O)cc2)CC1. The molecule has 1 atom stereocenters. The Morgan fingerprint density at radius 3 is 2.27 bits per heavy atom. The van der Waals surface area contributed by atoms with Gasteiger partial charge in [0.05, 0.1) is 11.3 Å². The van der Waals surface area contributed by atoms with Crippen molar-refractivity contribution in [2.24, 2.45) is 0 Å². The molecule has 3 heterocycles. The third-order valence-corrected chi connectivity index (χ3v) is 9.04. The highest BCUT2D eigenvalue weighted by Crippen LogP contribution is 2.45. The molecule has 2 saturated heterocycles. The van der Waals surface area contributed by atoms with Crippen LogP contribution in [0.3, 0.4) is 0 Å². The van der Waals surface area contributed by atoms with E-state index in [-0.39, 0.29) is 29.9 Å². The first kappa shape index (κ1) is 27.5. The van der Waals surface area contributed by atoms with E-state index in [1.54, 1.807) is 6.92 Å². The van der Waals surface area contributed by atoms with Crippen LogP contribution in [0.4, 0.5) is 10.1 Å². The fourth-order valence-electron chi connectivity index (χ4n) is 6.54. The molecule has 6 rings (SSSR count). The largest absolute Gasteiger partial charge is 0.297 e. The van der Waals surface area contributed by atoms with Gasteiger partial charge in [-0.05, 0) is 80.8 Å². The minimum Gasteiger partial charge on any atom is -0.297 e. The fraction of sp³-hybridized carbons (Fsp3) is 0.424. The lowest BCUT2D eigenvalue weighted by Crippen LogP contribution is -2.62. The predicted octanol–water partition coefficient (Wildman–Crippen LogP) is 4.64. The van der Waals surface area contributed by atoms with Crippen molar-refractivity contribution in [1.29, 1.82) is 0 Å². The van der Waals surface area contributed by atoms with Gasteiger partial charge in [-0.1, -0.05) is 30.3 Å². The molecule has 7 nitrogen and oxygen atoms in total. The Morgan fingerprint density at radius 2 is 1.61 bits per heavy atom. The molecule has 0 unspecified atom stereocenters. The average Bonchev–Trinajstić information content (AvgIpc) is 3.21. The van der Waals surface area contributed by atoms with E-state index in [0.717, 1.165) is 43.9 Å². The van der Waals surface area contributed by atoms with E-state index in [0.29, 0.717) is 22.9 Å². The molecule has 3 aromatic carbocycles. The van der Waals surface area contributed by atoms with Gasteiger partial charge >= 0.3 is 0 Å². The molecular weight excluding hydrogens is 519 g/mol. The highest BCUT2D eigenvalue weighted by Gasteiger charge is 2.49. The van der Waals surface area contributed by atoms with Crippen LogP contribution in [0, 0.1) is 5.82 Å². The Morgan fingerprint density at radius 1 is 0.927 bits per heavy atom. The maximum absolute atomic E-state index is 14.9. The summed E-state index contributed by atoms with van der Waals surface area (Å²) in [6.07, 6.45) is 0.938. The molecule has 214 valence electrons. The second-order valence-electron chi connectivity index (χ2n) is 12.8. The van der Waals surface area contributed by atoms with Crippen molar-refractivity contribution in [3.05, 3.63) is 76.6 Å². The molecule has 0 radical (unpaired) electrons. The minimum atomic E-state index is -1.23. The van der Waals surface area contributed by atoms with Gasteiger partial charge in [0.15, 0.2) is 0 Å². The van der Waals surface area contributed by atoms with E-state index < -0.39 is 23.2 Å². The summed E-state index contributed by atoms with van der Waals surface area (Å²) in [5.74, 6) is -1.76. The number of anilines is 1. The molecule has 3 aliphatic rings. The van der Waals surface area contributed by atoms with Crippen molar-refractivity contribution in [3.8, 4) is 0 Å². The first-order valence-corrected chi connectivity index (χ1v) is 14.4. The van der Waals surface area contributed by atoms with E-state index in [2.05, 4.69) is 60.2 Å². The van der Waals surface area contributed by atoms with Crippen LogP contribution in [-0.2, 0) is 22.6 Å². The highest BCUT2D eigenvalue weighted by molar-refractivity contribution is 6.28. The second kappa shape index (κ2) is 10.0. The number of piperazine rings is 1. The fourth-order valence-corrected chi connectivity index (χ4v) is 6.54. The van der Waals surface area contributed by atoms with Crippen LogP contribution in [0.5, 0.6) is 0 Å². The number of rotatable bonds is 5. The Labute approximate surface area is 240 Å². The van der Waals surface area contributed by atoms with Crippen LogP contribution in [0.15, 0.2) is 48.5 Å². The van der Waals surface area contributed by atoms with Crippen molar-refractivity contribution in [2.75, 3.05) is 31.1 Å². The molecule has 0 bridgehead atoms. The first-order valence-electron chi connectivity index (χ1n) is 14.4. The number of carbonyl (C=O) groups excluding carboxylic acids is 3. The molecule has 0 aromatic heterocycles. The average molecular weight is 557 g/mol. The van der Waals surface area contributed by atoms with Crippen molar-refractivity contribution in [2.45, 2.75) is 64.6 Å². The van der Waals surface area contributed by atoms with Crippen LogP contribution >= 0.6 is 0 Å². The van der Waals surface area contributed by atoms with E-state index in [1.165, 1.54) is 22.6 Å². The lowest BCUT2D eigenvalue weighted by Gasteiger charge is -2.42. The lowest BCUT2D eigenvalue weighted by molar-refractivity contribution is -0.137. The second-order valence-corrected chi connectivity index (χ2v) is 12.8. The third-order valence-electron chi connectivity index (χ3n) is 9.04. The maximum atomic E-state index is 14.9. The van der Waals surface area contributed by atoms with Crippen LogP contribution in [0.25, 0.3) is 10.8 Å². The van der Waals surface area contributed by atoms with Crippen LogP contribution < -0.4 is 10.2 Å². The molecule has 0 saturated carbocycles. The summed E-state index contributed by atoms with van der Waals surface area (Å²) in [6.45, 7) is 13.6. The number of benzene rings is 3. The van der Waals surface area contributed by atoms with Crippen molar-refractivity contribution >= 4 is 34.2 Å². The molecule has 3 aromatic rings. The molecule has 2 fully saturated rings. The first-order chi connectivity index (χ1) is 19.4. The summed E-state index contributed by atoms with van der Waals surface area (Å²) < 4.78 is 14.9. The molecule has 0 spiro atoms. The van der Waals surface area contributed by atoms with Gasteiger partial charge in [0, 0.05) is 50.1 Å². The normalized spacial score (nSPS) is 22.1. The van der Waals surface area contributed by atoms with E-state index in [4.69, 9.17) is 0 Å². The smallest absolute Gasteiger partial charge is 0.260 e. The number of nitrogens with one attached hydrogen (secondary N) is 1. The summed E-state index contributed by atoms with van der Waals surface area (Å²) in [5.41, 5.74) is 3.09. The lowest BCUT2D eigenvalue weighted by atomic mass is 9.88. The Bertz CT molecular complexity index is 1550. The molecule has 8 heteroatoms. The number of imide groups is 1. The van der Waals surface area contributed by atoms with Crippen LogP contribution in [0.2, 0.25) is 0 Å². The zero-order chi connectivity index (χ0) is 29.1.